The van der Waals surface area contributed by atoms with Gasteiger partial charge in [-0.05, 0) is 141 Å². The van der Waals surface area contributed by atoms with E-state index in [1.807, 2.05) is 0 Å². The third kappa shape index (κ3) is 74.2. The van der Waals surface area contributed by atoms with Crippen molar-refractivity contribution < 1.29 is 75.8 Å². The number of hydrogen-bond acceptors (Lipinski definition) is 14. The summed E-state index contributed by atoms with van der Waals surface area (Å²) < 4.78 is 61.0. The smallest absolute Gasteiger partial charge is 0.463 e. The Labute approximate surface area is 600 Å². The summed E-state index contributed by atoms with van der Waals surface area (Å²) in [5, 5.41) is 20.6. The van der Waals surface area contributed by atoms with Gasteiger partial charge in [0.1, 0.15) is 25.4 Å². The summed E-state index contributed by atoms with van der Waals surface area (Å²) in [6.07, 6.45) is 90.2. The molecular formula is C81H134O16P2. The van der Waals surface area contributed by atoms with Crippen molar-refractivity contribution in [3.8, 4) is 0 Å². The Morgan fingerprint density at radius 1 is 0.293 bits per heavy atom. The van der Waals surface area contributed by atoms with Crippen molar-refractivity contribution in [1.29, 1.82) is 0 Å². The molecular weight excluding hydrogens is 1290 g/mol. The van der Waals surface area contributed by atoms with Gasteiger partial charge in [0.25, 0.3) is 0 Å². The SMILES string of the molecule is CC/C=C\C/C=C\C/C=C\C/C=C\C/C=C\C/C=C\CCCCC(=O)OCC(COP(=O)(O)OCC(O)COP(=O)(O)OCC(O)COC(=O)CCCCCCCCCCCCCCC/C=C\C/C=C\C/C=C\C/C=C\C/C=C\CC)OC(=O)CCCCCCC/C=C\C/C=C\CCC. The molecule has 564 valence electrons. The number of carbonyl (C=O) groups is 3. The Morgan fingerprint density at radius 3 is 0.869 bits per heavy atom. The van der Waals surface area contributed by atoms with E-state index in [1.165, 1.54) is 57.8 Å². The minimum Gasteiger partial charge on any atom is -0.463 e. The van der Waals surface area contributed by atoms with Crippen molar-refractivity contribution in [2.75, 3.05) is 39.6 Å². The highest BCUT2D eigenvalue weighted by Crippen LogP contribution is 2.45. The summed E-state index contributed by atoms with van der Waals surface area (Å²) in [5.74, 6) is -1.65. The van der Waals surface area contributed by atoms with E-state index in [4.69, 9.17) is 32.3 Å². The molecule has 16 nitrogen and oxygen atoms in total. The molecule has 99 heavy (non-hydrogen) atoms. The Kier molecular flexibility index (Phi) is 69.4. The first kappa shape index (κ1) is 94.2. The van der Waals surface area contributed by atoms with Gasteiger partial charge in [-0.15, -0.1) is 0 Å². The van der Waals surface area contributed by atoms with Gasteiger partial charge in [-0.2, -0.15) is 0 Å². The number of carbonyl (C=O) groups excluding carboxylic acids is 3. The second kappa shape index (κ2) is 72.9. The van der Waals surface area contributed by atoms with Crippen molar-refractivity contribution >= 4 is 33.6 Å². The lowest BCUT2D eigenvalue weighted by Gasteiger charge is -2.21. The van der Waals surface area contributed by atoms with Crippen LogP contribution >= 0.6 is 15.6 Å². The average Bonchev–Trinajstić information content (AvgIpc) is 1.05. The molecule has 0 bridgehead atoms. The highest BCUT2D eigenvalue weighted by molar-refractivity contribution is 7.47. The zero-order chi connectivity index (χ0) is 72.3. The molecule has 5 atom stereocenters. The van der Waals surface area contributed by atoms with E-state index in [9.17, 15) is 43.5 Å². The van der Waals surface area contributed by atoms with Crippen LogP contribution in [0.3, 0.4) is 0 Å². The fraction of sp³-hybridized carbons (Fsp3) is 0.642. The number of ether oxygens (including phenoxy) is 3. The largest absolute Gasteiger partial charge is 0.472 e. The molecule has 18 heteroatoms. The van der Waals surface area contributed by atoms with Crippen molar-refractivity contribution in [1.82, 2.24) is 0 Å². The number of phosphoric ester groups is 2. The molecule has 0 saturated heterocycles. The molecule has 0 saturated carbocycles. The Hall–Kier alpha value is -4.83. The third-order valence-electron chi connectivity index (χ3n) is 15.2. The number of phosphoric acid groups is 2. The van der Waals surface area contributed by atoms with Crippen LogP contribution in [0.25, 0.3) is 0 Å². The van der Waals surface area contributed by atoms with Gasteiger partial charge >= 0.3 is 33.6 Å². The monoisotopic (exact) mass is 1420 g/mol. The fourth-order valence-corrected chi connectivity index (χ4v) is 11.1. The first-order valence-corrected chi connectivity index (χ1v) is 40.8. The standard InChI is InChI=1S/C81H134O16P2/c1-4-7-10-13-16-19-22-25-27-29-31-33-34-35-36-37-38-39-40-42-44-45-47-50-52-55-58-61-64-67-79(84)91-70-76(82)71-93-98(87,88)94-72-77(83)73-95-99(89,90)96-75-78(97-81(86)69-66-63-60-57-54-49-24-21-18-15-12-9-6-3)74-92-80(85)68-65-62-59-56-53-51-48-46-43-41-32-30-28-26-23-20-17-14-11-8-5-2/h7-8,10-12,15-17,19-21,24-28,31-33,35-36,41,46,48,53,56,76-78,82-83H,4-6,9,13-14,18,22-23,29-30,34,37-40,42-45,47,49-52,54-55,57-75H2,1-3H3,(H,87,88)(H,89,90)/b10-7-,11-8-,15-12-,19-16-,20-17-,24-21-,27-25-,28-26-,33-31-,36-35-,41-32-,48-46-,56-53-. The van der Waals surface area contributed by atoms with E-state index in [0.717, 1.165) is 161 Å². The van der Waals surface area contributed by atoms with E-state index >= 15 is 0 Å². The molecule has 0 rings (SSSR count). The number of rotatable bonds is 70. The molecule has 0 amide bonds. The number of aliphatic hydroxyl groups is 2. The minimum atomic E-state index is -4.95. The molecule has 0 fully saturated rings. The zero-order valence-electron chi connectivity index (χ0n) is 61.4. The van der Waals surface area contributed by atoms with E-state index < -0.39 is 91.5 Å². The Balaban J connectivity index is 4.55. The number of aliphatic hydroxyl groups excluding tert-OH is 2. The van der Waals surface area contributed by atoms with Crippen LogP contribution in [0.1, 0.15) is 278 Å². The van der Waals surface area contributed by atoms with E-state index in [2.05, 4.69) is 179 Å². The van der Waals surface area contributed by atoms with Crippen molar-refractivity contribution in [2.45, 2.75) is 296 Å². The van der Waals surface area contributed by atoms with Crippen LogP contribution < -0.4 is 0 Å². The molecule has 4 N–H and O–H groups in total. The lowest BCUT2D eigenvalue weighted by atomic mass is 10.0. The van der Waals surface area contributed by atoms with Crippen LogP contribution in [-0.2, 0) is 55.8 Å². The number of unbranched alkanes of at least 4 members (excludes halogenated alkanes) is 21. The summed E-state index contributed by atoms with van der Waals surface area (Å²) in [6.45, 7) is 2.30. The second-order valence-corrected chi connectivity index (χ2v) is 27.6. The quantitative estimate of drug-likeness (QED) is 0.0146. The Bertz CT molecular complexity index is 2430. The third-order valence-corrected chi connectivity index (χ3v) is 17.1. The fourth-order valence-electron chi connectivity index (χ4n) is 9.52. The van der Waals surface area contributed by atoms with E-state index in [1.54, 1.807) is 0 Å². The van der Waals surface area contributed by atoms with Crippen LogP contribution in [0.4, 0.5) is 0 Å². The van der Waals surface area contributed by atoms with Crippen LogP contribution in [-0.4, -0.2) is 95.9 Å². The molecule has 0 aromatic rings. The van der Waals surface area contributed by atoms with Gasteiger partial charge in [0.15, 0.2) is 6.10 Å². The van der Waals surface area contributed by atoms with E-state index in [-0.39, 0.29) is 19.3 Å². The van der Waals surface area contributed by atoms with E-state index in [0.29, 0.717) is 19.3 Å². The number of esters is 3. The molecule has 0 aliphatic heterocycles. The number of allylic oxidation sites excluding steroid dienone is 26. The number of hydrogen-bond donors (Lipinski definition) is 4. The highest BCUT2D eigenvalue weighted by Gasteiger charge is 2.29. The zero-order valence-corrected chi connectivity index (χ0v) is 63.1. The van der Waals surface area contributed by atoms with Gasteiger partial charge in [-0.1, -0.05) is 275 Å². The molecule has 0 spiro atoms. The van der Waals surface area contributed by atoms with Crippen LogP contribution in [0.15, 0.2) is 158 Å². The summed E-state index contributed by atoms with van der Waals surface area (Å²) in [5.41, 5.74) is 0. The normalized spacial score (nSPS) is 14.9. The maximum atomic E-state index is 12.9. The Morgan fingerprint density at radius 2 is 0.535 bits per heavy atom. The van der Waals surface area contributed by atoms with Crippen molar-refractivity contribution in [2.24, 2.45) is 0 Å². The predicted molar refractivity (Wildman–Crippen MR) is 408 cm³/mol. The molecule has 0 aromatic carbocycles. The van der Waals surface area contributed by atoms with Gasteiger partial charge in [0, 0.05) is 19.3 Å². The summed E-state index contributed by atoms with van der Waals surface area (Å²) in [4.78, 5) is 58.5. The maximum Gasteiger partial charge on any atom is 0.472 e. The van der Waals surface area contributed by atoms with Gasteiger partial charge in [0.05, 0.1) is 26.4 Å². The van der Waals surface area contributed by atoms with Crippen LogP contribution in [0.2, 0.25) is 0 Å². The van der Waals surface area contributed by atoms with Crippen molar-refractivity contribution in [3.05, 3.63) is 158 Å². The molecule has 0 aliphatic rings. The van der Waals surface area contributed by atoms with Crippen LogP contribution in [0, 0.1) is 0 Å². The first-order valence-electron chi connectivity index (χ1n) is 37.8. The lowest BCUT2D eigenvalue weighted by molar-refractivity contribution is -0.161. The van der Waals surface area contributed by atoms with Gasteiger partial charge in [-0.3, -0.25) is 32.5 Å². The lowest BCUT2D eigenvalue weighted by Crippen LogP contribution is -2.30. The summed E-state index contributed by atoms with van der Waals surface area (Å²) >= 11 is 0. The van der Waals surface area contributed by atoms with Crippen LogP contribution in [0.5, 0.6) is 0 Å². The van der Waals surface area contributed by atoms with Gasteiger partial charge in [0.2, 0.25) is 0 Å². The second-order valence-electron chi connectivity index (χ2n) is 24.7. The molecule has 0 heterocycles. The minimum absolute atomic E-state index is 0.0735. The molecule has 0 aliphatic carbocycles. The highest BCUT2D eigenvalue weighted by atomic mass is 31.2. The maximum absolute atomic E-state index is 12.9. The van der Waals surface area contributed by atoms with Gasteiger partial charge in [-0.25, -0.2) is 9.13 Å². The predicted octanol–water partition coefficient (Wildman–Crippen LogP) is 21.9. The average molecular weight is 1430 g/mol. The summed E-state index contributed by atoms with van der Waals surface area (Å²) in [7, 11) is -9.81. The topological polar surface area (TPSA) is 231 Å². The molecule has 0 aromatic heterocycles. The molecule has 0 radical (unpaired) electrons. The van der Waals surface area contributed by atoms with Gasteiger partial charge < -0.3 is 34.2 Å². The van der Waals surface area contributed by atoms with Crippen molar-refractivity contribution in [3.63, 3.8) is 0 Å². The molecule has 5 unspecified atom stereocenters. The summed E-state index contributed by atoms with van der Waals surface area (Å²) in [6, 6.07) is 0. The first-order chi connectivity index (χ1) is 48.2.